The minimum atomic E-state index is -0.703. The molecule has 2 aromatic carbocycles. The number of thioether (sulfide) groups is 1. The highest BCUT2D eigenvalue weighted by molar-refractivity contribution is 7.98. The van der Waals surface area contributed by atoms with Gasteiger partial charge in [0.05, 0.1) is 23.3 Å². The maximum Gasteiger partial charge on any atom is 0.342 e. The first-order chi connectivity index (χ1) is 12.9. The van der Waals surface area contributed by atoms with Crippen LogP contribution in [0.15, 0.2) is 41.3 Å². The van der Waals surface area contributed by atoms with Gasteiger partial charge in [-0.1, -0.05) is 6.07 Å². The number of carbonyl (C=O) groups is 2. The third-order valence-corrected chi connectivity index (χ3v) is 4.46. The van der Waals surface area contributed by atoms with E-state index in [1.54, 1.807) is 18.2 Å². The van der Waals surface area contributed by atoms with Crippen LogP contribution in [0.1, 0.15) is 15.9 Å². The fraction of sp³-hybridized carbons (Fsp3) is 0.222. The largest absolute Gasteiger partial charge is 0.496 e. The average molecular weight is 390 g/mol. The number of nitrogens with zero attached hydrogens (tertiary/aromatic N) is 1. The van der Waals surface area contributed by atoms with Crippen molar-refractivity contribution in [1.29, 1.82) is 0 Å². The Labute approximate surface area is 160 Å². The van der Waals surface area contributed by atoms with Crippen LogP contribution in [-0.2, 0) is 9.53 Å². The highest BCUT2D eigenvalue weighted by Crippen LogP contribution is 2.26. The summed E-state index contributed by atoms with van der Waals surface area (Å²) in [4.78, 5) is 35.6. The van der Waals surface area contributed by atoms with E-state index in [2.05, 4.69) is 5.32 Å². The summed E-state index contributed by atoms with van der Waals surface area (Å²) in [5.74, 6) is -0.959. The van der Waals surface area contributed by atoms with Crippen LogP contribution in [0.25, 0.3) is 0 Å². The molecule has 0 unspecified atom stereocenters. The van der Waals surface area contributed by atoms with Crippen LogP contribution in [0.5, 0.6) is 5.75 Å². The minimum absolute atomic E-state index is 0.108. The SMILES string of the molecule is COc1cc(SC)ccc1C(=O)OCC(=O)Nc1cccc([N+](=O)[O-])c1C. The van der Waals surface area contributed by atoms with Gasteiger partial charge < -0.3 is 14.8 Å². The third kappa shape index (κ3) is 4.98. The van der Waals surface area contributed by atoms with E-state index in [0.717, 1.165) is 4.90 Å². The number of nitro groups is 1. The Kier molecular flexibility index (Phi) is 6.78. The van der Waals surface area contributed by atoms with Crippen molar-refractivity contribution in [1.82, 2.24) is 0 Å². The number of anilines is 1. The van der Waals surface area contributed by atoms with Gasteiger partial charge in [0.1, 0.15) is 11.3 Å². The molecular weight excluding hydrogens is 372 g/mol. The quantitative estimate of drug-likeness (QED) is 0.334. The Morgan fingerprint density at radius 2 is 2.00 bits per heavy atom. The topological polar surface area (TPSA) is 108 Å². The predicted molar refractivity (Wildman–Crippen MR) is 102 cm³/mol. The van der Waals surface area contributed by atoms with E-state index >= 15 is 0 Å². The summed E-state index contributed by atoms with van der Waals surface area (Å²) in [6.45, 7) is 0.992. The Bertz CT molecular complexity index is 884. The van der Waals surface area contributed by atoms with E-state index in [0.29, 0.717) is 11.3 Å². The maximum atomic E-state index is 12.2. The Balaban J connectivity index is 2.03. The molecule has 9 heteroatoms. The summed E-state index contributed by atoms with van der Waals surface area (Å²) in [5, 5.41) is 13.5. The van der Waals surface area contributed by atoms with E-state index in [9.17, 15) is 19.7 Å². The minimum Gasteiger partial charge on any atom is -0.496 e. The molecule has 2 rings (SSSR count). The number of hydrogen-bond donors (Lipinski definition) is 1. The fourth-order valence-electron chi connectivity index (χ4n) is 2.32. The monoisotopic (exact) mass is 390 g/mol. The van der Waals surface area contributed by atoms with Crippen molar-refractivity contribution in [3.05, 3.63) is 57.6 Å². The smallest absolute Gasteiger partial charge is 0.342 e. The Hall–Kier alpha value is -3.07. The first-order valence-corrected chi connectivity index (χ1v) is 9.02. The molecule has 1 amide bonds. The summed E-state index contributed by atoms with van der Waals surface area (Å²) in [6.07, 6.45) is 1.90. The van der Waals surface area contributed by atoms with Crippen LogP contribution >= 0.6 is 11.8 Å². The second-order valence-corrected chi connectivity index (χ2v) is 6.28. The summed E-state index contributed by atoms with van der Waals surface area (Å²) >= 11 is 1.50. The third-order valence-electron chi connectivity index (χ3n) is 3.74. The van der Waals surface area contributed by atoms with E-state index in [-0.39, 0.29) is 16.9 Å². The fourth-order valence-corrected chi connectivity index (χ4v) is 2.75. The Morgan fingerprint density at radius 3 is 2.63 bits per heavy atom. The number of amides is 1. The lowest BCUT2D eigenvalue weighted by Gasteiger charge is -2.11. The summed E-state index contributed by atoms with van der Waals surface area (Å²) in [6, 6.07) is 9.35. The second-order valence-electron chi connectivity index (χ2n) is 5.40. The van der Waals surface area contributed by atoms with E-state index in [4.69, 9.17) is 9.47 Å². The number of carbonyl (C=O) groups excluding carboxylic acids is 2. The zero-order chi connectivity index (χ0) is 20.0. The van der Waals surface area contributed by atoms with Crippen molar-refractivity contribution in [2.45, 2.75) is 11.8 Å². The summed E-state index contributed by atoms with van der Waals surface area (Å²) in [5.41, 5.74) is 0.696. The van der Waals surface area contributed by atoms with Crippen molar-refractivity contribution in [3.8, 4) is 5.75 Å². The number of nitrogens with one attached hydrogen (secondary N) is 1. The van der Waals surface area contributed by atoms with E-state index < -0.39 is 23.4 Å². The lowest BCUT2D eigenvalue weighted by molar-refractivity contribution is -0.385. The predicted octanol–water partition coefficient (Wildman–Crippen LogP) is 3.43. The van der Waals surface area contributed by atoms with Crippen LogP contribution in [0.3, 0.4) is 0 Å². The standard InChI is InChI=1S/C18H18N2O6S/c1-11-14(5-4-6-15(11)20(23)24)19-17(21)10-26-18(22)13-8-7-12(27-3)9-16(13)25-2/h4-9H,10H2,1-3H3,(H,19,21). The van der Waals surface area contributed by atoms with Crippen LogP contribution in [0.2, 0.25) is 0 Å². The number of hydrogen-bond acceptors (Lipinski definition) is 7. The molecule has 8 nitrogen and oxygen atoms in total. The Morgan fingerprint density at radius 1 is 1.26 bits per heavy atom. The van der Waals surface area contributed by atoms with Crippen LogP contribution in [0, 0.1) is 17.0 Å². The molecule has 27 heavy (non-hydrogen) atoms. The molecule has 0 heterocycles. The van der Waals surface area contributed by atoms with Gasteiger partial charge in [0.15, 0.2) is 6.61 Å². The number of rotatable bonds is 7. The van der Waals surface area contributed by atoms with E-state index in [1.807, 2.05) is 6.26 Å². The van der Waals surface area contributed by atoms with Crippen LogP contribution in [-0.4, -0.2) is 36.8 Å². The molecule has 0 aliphatic carbocycles. The molecular formula is C18H18N2O6S. The molecule has 0 spiro atoms. The van der Waals surface area contributed by atoms with Gasteiger partial charge in [-0.05, 0) is 37.4 Å². The molecule has 0 aliphatic rings. The van der Waals surface area contributed by atoms with Gasteiger partial charge in [-0.25, -0.2) is 4.79 Å². The second kappa shape index (κ2) is 9.04. The molecule has 0 aliphatic heterocycles. The molecule has 0 saturated carbocycles. The number of benzene rings is 2. The van der Waals surface area contributed by atoms with Gasteiger partial charge in [0.2, 0.25) is 0 Å². The summed E-state index contributed by atoms with van der Waals surface area (Å²) < 4.78 is 10.2. The number of ether oxygens (including phenoxy) is 2. The highest BCUT2D eigenvalue weighted by Gasteiger charge is 2.18. The molecule has 0 bridgehead atoms. The average Bonchev–Trinajstić information content (AvgIpc) is 2.66. The van der Waals surface area contributed by atoms with Crippen LogP contribution in [0.4, 0.5) is 11.4 Å². The van der Waals surface area contributed by atoms with Crippen LogP contribution < -0.4 is 10.1 Å². The summed E-state index contributed by atoms with van der Waals surface area (Å²) in [7, 11) is 1.44. The molecule has 0 fully saturated rings. The van der Waals surface area contributed by atoms with Crippen molar-refractivity contribution >= 4 is 35.0 Å². The van der Waals surface area contributed by atoms with Gasteiger partial charge >= 0.3 is 5.97 Å². The maximum absolute atomic E-state index is 12.2. The van der Waals surface area contributed by atoms with Gasteiger partial charge in [-0.2, -0.15) is 0 Å². The highest BCUT2D eigenvalue weighted by atomic mass is 32.2. The first kappa shape index (κ1) is 20.2. The van der Waals surface area contributed by atoms with Crippen molar-refractivity contribution in [3.63, 3.8) is 0 Å². The number of methoxy groups -OCH3 is 1. The lowest BCUT2D eigenvalue weighted by atomic mass is 10.1. The van der Waals surface area contributed by atoms with Gasteiger partial charge in [-0.3, -0.25) is 14.9 Å². The number of nitro benzene ring substituents is 1. The van der Waals surface area contributed by atoms with Gasteiger partial charge in [0, 0.05) is 11.0 Å². The molecule has 2 aromatic rings. The number of esters is 1. The molecule has 0 aromatic heterocycles. The molecule has 0 atom stereocenters. The molecule has 0 saturated heterocycles. The van der Waals surface area contributed by atoms with Crippen molar-refractivity contribution < 1.29 is 24.0 Å². The lowest BCUT2D eigenvalue weighted by Crippen LogP contribution is -2.21. The van der Waals surface area contributed by atoms with Gasteiger partial charge in [-0.15, -0.1) is 11.8 Å². The van der Waals surface area contributed by atoms with Gasteiger partial charge in [0.25, 0.3) is 11.6 Å². The molecule has 142 valence electrons. The van der Waals surface area contributed by atoms with Crippen molar-refractivity contribution in [2.75, 3.05) is 25.3 Å². The normalized spacial score (nSPS) is 10.2. The zero-order valence-corrected chi connectivity index (χ0v) is 15.8. The molecule has 1 N–H and O–H groups in total. The molecule has 0 radical (unpaired) electrons. The first-order valence-electron chi connectivity index (χ1n) is 7.80. The van der Waals surface area contributed by atoms with E-state index in [1.165, 1.54) is 44.0 Å². The zero-order valence-electron chi connectivity index (χ0n) is 15.0. The van der Waals surface area contributed by atoms with Crippen molar-refractivity contribution in [2.24, 2.45) is 0 Å².